The van der Waals surface area contributed by atoms with Crippen molar-refractivity contribution in [1.29, 1.82) is 0 Å². The first-order valence-electron chi connectivity index (χ1n) is 6.32. The van der Waals surface area contributed by atoms with Crippen molar-refractivity contribution in [3.63, 3.8) is 0 Å². The number of fused-ring (bicyclic) bond motifs is 1. The number of thiocarbonyl (C=S) groups is 1. The van der Waals surface area contributed by atoms with Crippen LogP contribution in [0.2, 0.25) is 5.02 Å². The van der Waals surface area contributed by atoms with Gasteiger partial charge in [0.1, 0.15) is 5.82 Å². The maximum Gasteiger partial charge on any atom is 0.161 e. The molecule has 0 saturated carbocycles. The van der Waals surface area contributed by atoms with Gasteiger partial charge in [0, 0.05) is 28.7 Å². The fourth-order valence-electron chi connectivity index (χ4n) is 2.39. The number of aromatic nitrogens is 1. The number of aliphatic hydroxyl groups excluding tert-OH is 1. The molecule has 1 heterocycles. The molecule has 0 spiro atoms. The van der Waals surface area contributed by atoms with E-state index >= 15 is 0 Å². The first kappa shape index (κ1) is 14.0. The van der Waals surface area contributed by atoms with Gasteiger partial charge in [-0.3, -0.25) is 0 Å². The fraction of sp³-hybridized carbons (Fsp3) is 0.0625. The summed E-state index contributed by atoms with van der Waals surface area (Å²) in [5.74, 6) is -0.282. The summed E-state index contributed by atoms with van der Waals surface area (Å²) in [6.45, 7) is 0. The molecule has 1 N–H and O–H groups in total. The lowest BCUT2D eigenvalue weighted by atomic mass is 10.1. The van der Waals surface area contributed by atoms with Gasteiger partial charge in [0.15, 0.2) is 5.05 Å². The molecule has 0 amide bonds. The Labute approximate surface area is 131 Å². The van der Waals surface area contributed by atoms with Crippen LogP contribution in [0.5, 0.6) is 0 Å². The summed E-state index contributed by atoms with van der Waals surface area (Å²) in [5.41, 5.74) is 2.64. The predicted octanol–water partition coefficient (Wildman–Crippen LogP) is 4.85. The number of halogens is 2. The zero-order chi connectivity index (χ0) is 15.0. The van der Waals surface area contributed by atoms with E-state index in [4.69, 9.17) is 23.8 Å². The van der Waals surface area contributed by atoms with Crippen molar-refractivity contribution < 1.29 is 9.50 Å². The molecule has 2 aromatic carbocycles. The van der Waals surface area contributed by atoms with Crippen molar-refractivity contribution >= 4 is 39.8 Å². The lowest BCUT2D eigenvalue weighted by molar-refractivity contribution is 0.556. The van der Waals surface area contributed by atoms with E-state index < -0.39 is 0 Å². The smallest absolute Gasteiger partial charge is 0.161 e. The summed E-state index contributed by atoms with van der Waals surface area (Å²) in [4.78, 5) is 0. The minimum Gasteiger partial charge on any atom is -0.502 e. The lowest BCUT2D eigenvalue weighted by Crippen LogP contribution is -1.96. The standard InChI is InChI=1S/C16H11ClFNOS/c17-11-1-6-15-14(8-11)10(7-16(20)21)9-19(15)13-4-2-12(18)3-5-13/h1-6,8-9H,7H2,(H,20,21). The minimum absolute atomic E-state index is 0.0758. The topological polar surface area (TPSA) is 25.2 Å². The van der Waals surface area contributed by atoms with Gasteiger partial charge in [-0.1, -0.05) is 11.6 Å². The molecule has 0 aliphatic carbocycles. The van der Waals surface area contributed by atoms with Crippen LogP contribution in [-0.4, -0.2) is 14.7 Å². The van der Waals surface area contributed by atoms with Gasteiger partial charge in [-0.15, -0.1) is 0 Å². The fourth-order valence-corrected chi connectivity index (χ4v) is 2.72. The van der Waals surface area contributed by atoms with E-state index in [1.807, 2.05) is 22.9 Å². The molecule has 0 bridgehead atoms. The monoisotopic (exact) mass is 319 g/mol. The average Bonchev–Trinajstić information content (AvgIpc) is 2.77. The largest absolute Gasteiger partial charge is 0.502 e. The normalized spacial score (nSPS) is 11.0. The van der Waals surface area contributed by atoms with E-state index in [9.17, 15) is 9.50 Å². The zero-order valence-electron chi connectivity index (χ0n) is 10.9. The Bertz CT molecular complexity index is 826. The highest BCUT2D eigenvalue weighted by molar-refractivity contribution is 7.80. The Hall–Kier alpha value is -1.91. The van der Waals surface area contributed by atoms with Gasteiger partial charge in [0.25, 0.3) is 0 Å². The van der Waals surface area contributed by atoms with Gasteiger partial charge in [-0.2, -0.15) is 0 Å². The van der Waals surface area contributed by atoms with Crippen LogP contribution in [0.1, 0.15) is 5.56 Å². The Kier molecular flexibility index (Phi) is 3.66. The summed E-state index contributed by atoms with van der Waals surface area (Å²) in [5, 5.41) is 10.8. The maximum atomic E-state index is 13.1. The predicted molar refractivity (Wildman–Crippen MR) is 87.2 cm³/mol. The molecule has 0 saturated heterocycles. The molecule has 1 aromatic heterocycles. The van der Waals surface area contributed by atoms with Crippen LogP contribution in [-0.2, 0) is 6.42 Å². The second-order valence-corrected chi connectivity index (χ2v) is 5.64. The number of hydrogen-bond donors (Lipinski definition) is 1. The number of nitrogens with zero attached hydrogens (tertiary/aromatic N) is 1. The van der Waals surface area contributed by atoms with Crippen molar-refractivity contribution in [2.24, 2.45) is 0 Å². The summed E-state index contributed by atoms with van der Waals surface area (Å²) in [7, 11) is 0. The van der Waals surface area contributed by atoms with Crippen LogP contribution >= 0.6 is 23.8 Å². The number of hydrogen-bond acceptors (Lipinski definition) is 1. The first-order valence-corrected chi connectivity index (χ1v) is 7.10. The van der Waals surface area contributed by atoms with Gasteiger partial charge >= 0.3 is 0 Å². The Morgan fingerprint density at radius 3 is 2.57 bits per heavy atom. The summed E-state index contributed by atoms with van der Waals surface area (Å²) in [6.07, 6.45) is 2.16. The highest BCUT2D eigenvalue weighted by Gasteiger charge is 2.11. The Morgan fingerprint density at radius 1 is 1.19 bits per heavy atom. The van der Waals surface area contributed by atoms with Gasteiger partial charge < -0.3 is 9.67 Å². The molecular weight excluding hydrogens is 309 g/mol. The molecule has 21 heavy (non-hydrogen) atoms. The van der Waals surface area contributed by atoms with Crippen LogP contribution in [0, 0.1) is 5.82 Å². The summed E-state index contributed by atoms with van der Waals surface area (Å²) >= 11 is 10.8. The Morgan fingerprint density at radius 2 is 1.90 bits per heavy atom. The van der Waals surface area contributed by atoms with Crippen molar-refractivity contribution in [3.05, 3.63) is 65.1 Å². The highest BCUT2D eigenvalue weighted by Crippen LogP contribution is 2.28. The zero-order valence-corrected chi connectivity index (χ0v) is 12.5. The molecular formula is C16H11ClFNOS. The van der Waals surface area contributed by atoms with Gasteiger partial charge in [-0.05, 0) is 60.2 Å². The maximum absolute atomic E-state index is 13.1. The third-order valence-corrected chi connectivity index (χ3v) is 3.67. The third-order valence-electron chi connectivity index (χ3n) is 3.30. The van der Waals surface area contributed by atoms with E-state index in [0.717, 1.165) is 22.2 Å². The number of rotatable bonds is 3. The average molecular weight is 320 g/mol. The van der Waals surface area contributed by atoms with Crippen molar-refractivity contribution in [2.75, 3.05) is 0 Å². The van der Waals surface area contributed by atoms with E-state index in [1.54, 1.807) is 18.2 Å². The van der Waals surface area contributed by atoms with Gasteiger partial charge in [0.05, 0.1) is 5.52 Å². The quantitative estimate of drug-likeness (QED) is 0.698. The minimum atomic E-state index is -0.282. The number of benzene rings is 2. The summed E-state index contributed by atoms with van der Waals surface area (Å²) < 4.78 is 15.0. The molecule has 0 radical (unpaired) electrons. The van der Waals surface area contributed by atoms with Crippen LogP contribution in [0.3, 0.4) is 0 Å². The summed E-state index contributed by atoms with van der Waals surface area (Å²) in [6, 6.07) is 11.7. The Balaban J connectivity index is 2.23. The van der Waals surface area contributed by atoms with Gasteiger partial charge in [-0.25, -0.2) is 4.39 Å². The molecule has 106 valence electrons. The molecule has 0 aliphatic heterocycles. The SMILES string of the molecule is OC(=S)Cc1cn(-c2ccc(F)cc2)c2ccc(Cl)cc12. The molecule has 3 aromatic rings. The van der Waals surface area contributed by atoms with Crippen LogP contribution in [0.4, 0.5) is 4.39 Å². The first-order chi connectivity index (χ1) is 10.0. The van der Waals surface area contributed by atoms with Crippen molar-refractivity contribution in [3.8, 4) is 5.69 Å². The molecule has 5 heteroatoms. The van der Waals surface area contributed by atoms with Crippen molar-refractivity contribution in [1.82, 2.24) is 4.57 Å². The highest BCUT2D eigenvalue weighted by atomic mass is 35.5. The van der Waals surface area contributed by atoms with E-state index in [-0.39, 0.29) is 17.3 Å². The molecule has 0 aliphatic rings. The molecule has 2 nitrogen and oxygen atoms in total. The van der Waals surface area contributed by atoms with E-state index in [2.05, 4.69) is 0 Å². The second-order valence-electron chi connectivity index (χ2n) is 4.73. The van der Waals surface area contributed by atoms with Gasteiger partial charge in [0.2, 0.25) is 0 Å². The molecule has 0 unspecified atom stereocenters. The van der Waals surface area contributed by atoms with E-state index in [1.165, 1.54) is 12.1 Å². The van der Waals surface area contributed by atoms with E-state index in [0.29, 0.717) is 5.02 Å². The van der Waals surface area contributed by atoms with Crippen LogP contribution < -0.4 is 0 Å². The number of aliphatic hydroxyl groups is 1. The van der Waals surface area contributed by atoms with Crippen LogP contribution in [0.15, 0.2) is 48.7 Å². The molecule has 0 fully saturated rings. The second kappa shape index (κ2) is 5.47. The van der Waals surface area contributed by atoms with Crippen molar-refractivity contribution in [2.45, 2.75) is 6.42 Å². The van der Waals surface area contributed by atoms with Crippen LogP contribution in [0.25, 0.3) is 16.6 Å². The third kappa shape index (κ3) is 2.77. The molecule has 0 atom stereocenters. The lowest BCUT2D eigenvalue weighted by Gasteiger charge is -2.05. The molecule has 3 rings (SSSR count).